The molecule has 3 N–H and O–H groups in total. The minimum Gasteiger partial charge on any atom is -0.399 e. The SMILES string of the molecule is Nc1ccc(F)c(NC(=O)CCCSc2ncns2)c1. The smallest absolute Gasteiger partial charge is 0.224 e. The lowest BCUT2D eigenvalue weighted by atomic mass is 10.2. The van der Waals surface area contributed by atoms with Crippen molar-refractivity contribution in [1.29, 1.82) is 0 Å². The average Bonchev–Trinajstić information content (AvgIpc) is 2.92. The Morgan fingerprint density at radius 3 is 3.10 bits per heavy atom. The average molecular weight is 312 g/mol. The number of carbonyl (C=O) groups excluding carboxylic acids is 1. The number of nitrogens with two attached hydrogens (primary N) is 1. The van der Waals surface area contributed by atoms with Crippen LogP contribution in [-0.2, 0) is 4.79 Å². The summed E-state index contributed by atoms with van der Waals surface area (Å²) < 4.78 is 18.2. The molecule has 8 heteroatoms. The summed E-state index contributed by atoms with van der Waals surface area (Å²) in [4.78, 5) is 15.7. The van der Waals surface area contributed by atoms with Crippen LogP contribution in [0.3, 0.4) is 0 Å². The molecule has 0 aliphatic carbocycles. The number of aromatic nitrogens is 2. The van der Waals surface area contributed by atoms with Gasteiger partial charge in [0, 0.05) is 17.9 Å². The van der Waals surface area contributed by atoms with Crippen LogP contribution in [0.1, 0.15) is 12.8 Å². The predicted octanol–water partition coefficient (Wildman–Crippen LogP) is 2.77. The molecule has 1 aromatic carbocycles. The summed E-state index contributed by atoms with van der Waals surface area (Å²) in [6, 6.07) is 4.09. The van der Waals surface area contributed by atoms with Crippen molar-refractivity contribution >= 4 is 40.6 Å². The van der Waals surface area contributed by atoms with Crippen LogP contribution >= 0.6 is 23.3 Å². The number of carbonyl (C=O) groups is 1. The van der Waals surface area contributed by atoms with E-state index < -0.39 is 5.82 Å². The fraction of sp³-hybridized carbons (Fsp3) is 0.250. The molecule has 5 nitrogen and oxygen atoms in total. The number of halogens is 1. The molecule has 0 saturated heterocycles. The minimum atomic E-state index is -0.490. The molecule has 1 amide bonds. The molecule has 106 valence electrons. The highest BCUT2D eigenvalue weighted by molar-refractivity contribution is 8.00. The number of nitrogens with zero attached hydrogens (tertiary/aromatic N) is 2. The first-order valence-corrected chi connectivity index (χ1v) is 7.65. The molecule has 2 rings (SSSR count). The molecule has 0 unspecified atom stereocenters. The van der Waals surface area contributed by atoms with Crippen molar-refractivity contribution in [3.63, 3.8) is 0 Å². The topological polar surface area (TPSA) is 80.9 Å². The first kappa shape index (κ1) is 14.7. The highest BCUT2D eigenvalue weighted by atomic mass is 32.2. The van der Waals surface area contributed by atoms with Crippen LogP contribution < -0.4 is 11.1 Å². The van der Waals surface area contributed by atoms with E-state index in [1.807, 2.05) is 0 Å². The Labute approximate surface area is 124 Å². The van der Waals surface area contributed by atoms with E-state index in [4.69, 9.17) is 5.73 Å². The van der Waals surface area contributed by atoms with E-state index in [0.717, 1.165) is 10.1 Å². The molecular formula is C12H13FN4OS2. The number of nitrogen functional groups attached to an aromatic ring is 1. The van der Waals surface area contributed by atoms with E-state index in [2.05, 4.69) is 14.7 Å². The van der Waals surface area contributed by atoms with Crippen molar-refractivity contribution in [2.45, 2.75) is 17.2 Å². The van der Waals surface area contributed by atoms with Crippen molar-refractivity contribution in [2.75, 3.05) is 16.8 Å². The van der Waals surface area contributed by atoms with Gasteiger partial charge in [0.05, 0.1) is 5.69 Å². The minimum absolute atomic E-state index is 0.117. The van der Waals surface area contributed by atoms with Gasteiger partial charge in [0.15, 0.2) is 4.34 Å². The van der Waals surface area contributed by atoms with Crippen molar-refractivity contribution in [3.8, 4) is 0 Å². The zero-order valence-electron chi connectivity index (χ0n) is 10.5. The molecule has 0 atom stereocenters. The number of anilines is 2. The molecule has 1 heterocycles. The van der Waals surface area contributed by atoms with Crippen LogP contribution in [0, 0.1) is 5.82 Å². The lowest BCUT2D eigenvalue weighted by Crippen LogP contribution is -2.12. The number of benzene rings is 1. The molecule has 0 fully saturated rings. The maximum absolute atomic E-state index is 13.4. The Morgan fingerprint density at radius 2 is 2.35 bits per heavy atom. The summed E-state index contributed by atoms with van der Waals surface area (Å²) in [5.41, 5.74) is 6.07. The third-order valence-electron chi connectivity index (χ3n) is 2.38. The maximum atomic E-state index is 13.4. The largest absolute Gasteiger partial charge is 0.399 e. The number of rotatable bonds is 6. The Balaban J connectivity index is 1.73. The lowest BCUT2D eigenvalue weighted by Gasteiger charge is -2.06. The number of hydrogen-bond acceptors (Lipinski definition) is 6. The Morgan fingerprint density at radius 1 is 1.50 bits per heavy atom. The van der Waals surface area contributed by atoms with Gasteiger partial charge in [-0.3, -0.25) is 4.79 Å². The molecule has 20 heavy (non-hydrogen) atoms. The van der Waals surface area contributed by atoms with E-state index in [-0.39, 0.29) is 11.6 Å². The molecule has 0 bridgehead atoms. The van der Waals surface area contributed by atoms with Gasteiger partial charge in [-0.1, -0.05) is 11.8 Å². The number of hydrogen-bond donors (Lipinski definition) is 2. The summed E-state index contributed by atoms with van der Waals surface area (Å²) >= 11 is 2.88. The number of thioether (sulfide) groups is 1. The van der Waals surface area contributed by atoms with E-state index in [1.165, 1.54) is 36.1 Å². The zero-order valence-corrected chi connectivity index (χ0v) is 12.1. The molecule has 2 aromatic rings. The van der Waals surface area contributed by atoms with Gasteiger partial charge in [0.1, 0.15) is 12.1 Å². The first-order chi connectivity index (χ1) is 9.65. The van der Waals surface area contributed by atoms with Crippen LogP contribution in [-0.4, -0.2) is 21.0 Å². The third kappa shape index (κ3) is 4.46. The highest BCUT2D eigenvalue weighted by Crippen LogP contribution is 2.20. The Hall–Kier alpha value is -1.67. The molecule has 1 aromatic heterocycles. The van der Waals surface area contributed by atoms with Crippen LogP contribution in [0.15, 0.2) is 28.9 Å². The van der Waals surface area contributed by atoms with Gasteiger partial charge in [-0.15, -0.1) is 0 Å². The van der Waals surface area contributed by atoms with Gasteiger partial charge < -0.3 is 11.1 Å². The maximum Gasteiger partial charge on any atom is 0.224 e. The van der Waals surface area contributed by atoms with Crippen molar-refractivity contribution in [3.05, 3.63) is 30.3 Å². The van der Waals surface area contributed by atoms with Crippen LogP contribution in [0.25, 0.3) is 0 Å². The normalized spacial score (nSPS) is 10.4. The number of amides is 1. The summed E-state index contributed by atoms with van der Waals surface area (Å²) in [6.07, 6.45) is 2.50. The second-order valence-electron chi connectivity index (χ2n) is 3.95. The van der Waals surface area contributed by atoms with Gasteiger partial charge in [-0.2, -0.15) is 4.37 Å². The summed E-state index contributed by atoms with van der Waals surface area (Å²) in [7, 11) is 0. The molecule has 0 spiro atoms. The van der Waals surface area contributed by atoms with Gasteiger partial charge >= 0.3 is 0 Å². The van der Waals surface area contributed by atoms with Gasteiger partial charge in [0.25, 0.3) is 0 Å². The van der Waals surface area contributed by atoms with E-state index in [0.29, 0.717) is 18.5 Å². The van der Waals surface area contributed by atoms with E-state index in [9.17, 15) is 9.18 Å². The fourth-order valence-electron chi connectivity index (χ4n) is 1.47. The standard InChI is InChI=1S/C12H13FN4OS2/c13-9-4-3-8(14)6-10(9)17-11(18)2-1-5-19-12-15-7-16-20-12/h3-4,6-7H,1-2,5,14H2,(H,17,18). The summed E-state index contributed by atoms with van der Waals surface area (Å²) in [5.74, 6) is 0.0466. The third-order valence-corrected chi connectivity index (χ3v) is 4.26. The Bertz CT molecular complexity index is 577. The highest BCUT2D eigenvalue weighted by Gasteiger charge is 2.07. The predicted molar refractivity (Wildman–Crippen MR) is 79.3 cm³/mol. The summed E-state index contributed by atoms with van der Waals surface area (Å²) in [6.45, 7) is 0. The zero-order chi connectivity index (χ0) is 14.4. The first-order valence-electron chi connectivity index (χ1n) is 5.89. The number of nitrogens with one attached hydrogen (secondary N) is 1. The Kier molecular flexibility index (Phi) is 5.31. The monoisotopic (exact) mass is 312 g/mol. The van der Waals surface area contributed by atoms with E-state index >= 15 is 0 Å². The lowest BCUT2D eigenvalue weighted by molar-refractivity contribution is -0.116. The van der Waals surface area contributed by atoms with Gasteiger partial charge in [-0.05, 0) is 36.2 Å². The van der Waals surface area contributed by atoms with E-state index in [1.54, 1.807) is 11.8 Å². The van der Waals surface area contributed by atoms with Gasteiger partial charge in [-0.25, -0.2) is 9.37 Å². The van der Waals surface area contributed by atoms with Crippen LogP contribution in [0.5, 0.6) is 0 Å². The quantitative estimate of drug-likeness (QED) is 0.487. The fourth-order valence-corrected chi connectivity index (χ4v) is 2.92. The summed E-state index contributed by atoms with van der Waals surface area (Å²) in [5, 5.41) is 2.52. The molecule has 0 saturated carbocycles. The molecular weight excluding hydrogens is 299 g/mol. The second-order valence-corrected chi connectivity index (χ2v) is 6.07. The van der Waals surface area contributed by atoms with Crippen LogP contribution in [0.4, 0.5) is 15.8 Å². The molecule has 0 aliphatic rings. The van der Waals surface area contributed by atoms with Crippen molar-refractivity contribution < 1.29 is 9.18 Å². The van der Waals surface area contributed by atoms with Crippen molar-refractivity contribution in [2.24, 2.45) is 0 Å². The molecule has 0 aliphatic heterocycles. The molecule has 0 radical (unpaired) electrons. The van der Waals surface area contributed by atoms with Crippen molar-refractivity contribution in [1.82, 2.24) is 9.36 Å². The van der Waals surface area contributed by atoms with Crippen LogP contribution in [0.2, 0.25) is 0 Å². The van der Waals surface area contributed by atoms with Gasteiger partial charge in [0.2, 0.25) is 5.91 Å². The second kappa shape index (κ2) is 7.20.